The number of amides is 1. The lowest BCUT2D eigenvalue weighted by Gasteiger charge is -2.07. The van der Waals surface area contributed by atoms with E-state index in [-0.39, 0.29) is 16.6 Å². The minimum Gasteiger partial charge on any atom is -0.397 e. The van der Waals surface area contributed by atoms with Gasteiger partial charge in [-0.3, -0.25) is 9.78 Å². The molecule has 2 aromatic heterocycles. The van der Waals surface area contributed by atoms with Crippen molar-refractivity contribution in [3.8, 4) is 0 Å². The molecule has 0 aliphatic heterocycles. The zero-order chi connectivity index (χ0) is 13.1. The molecule has 0 aliphatic rings. The van der Waals surface area contributed by atoms with Gasteiger partial charge in [0.1, 0.15) is 5.15 Å². The van der Waals surface area contributed by atoms with Gasteiger partial charge in [0, 0.05) is 6.20 Å². The van der Waals surface area contributed by atoms with Crippen molar-refractivity contribution in [2.45, 2.75) is 6.92 Å². The Morgan fingerprint density at radius 2 is 2.11 bits per heavy atom. The minimum absolute atomic E-state index is 0.113. The van der Waals surface area contributed by atoms with Crippen LogP contribution < -0.4 is 11.1 Å². The number of carbonyl (C=O) groups excluding carboxylic acids is 1. The van der Waals surface area contributed by atoms with E-state index in [1.807, 2.05) is 6.92 Å². The molecule has 0 saturated heterocycles. The van der Waals surface area contributed by atoms with Gasteiger partial charge < -0.3 is 11.1 Å². The summed E-state index contributed by atoms with van der Waals surface area (Å²) in [6.07, 6.45) is 4.65. The van der Waals surface area contributed by atoms with Crippen LogP contribution in [0.25, 0.3) is 0 Å². The number of nitrogens with two attached hydrogens (primary N) is 1. The molecule has 0 atom stereocenters. The molecule has 3 N–H and O–H groups in total. The summed E-state index contributed by atoms with van der Waals surface area (Å²) in [6.45, 7) is 1.89. The van der Waals surface area contributed by atoms with Gasteiger partial charge in [0.15, 0.2) is 0 Å². The molecule has 2 rings (SSSR count). The van der Waals surface area contributed by atoms with Crippen molar-refractivity contribution < 1.29 is 4.79 Å². The second kappa shape index (κ2) is 5.01. The van der Waals surface area contributed by atoms with E-state index in [9.17, 15) is 4.79 Å². The number of aryl methyl sites for hydroxylation is 1. The molecule has 5 nitrogen and oxygen atoms in total. The number of hydrogen-bond acceptors (Lipinski definition) is 4. The molecule has 0 unspecified atom stereocenters. The molecule has 0 saturated carbocycles. The summed E-state index contributed by atoms with van der Waals surface area (Å²) in [5, 5.41) is 2.80. The second-order valence-electron chi connectivity index (χ2n) is 3.81. The summed E-state index contributed by atoms with van der Waals surface area (Å²) in [4.78, 5) is 19.8. The first kappa shape index (κ1) is 12.3. The standard InChI is InChI=1S/C12H11ClN4O/c1-7-2-9(6-15-4-7)17-12(18)10-3-8(14)5-16-11(10)13/h2-6H,14H2,1H3,(H,17,18). The van der Waals surface area contributed by atoms with Crippen LogP contribution in [-0.4, -0.2) is 15.9 Å². The van der Waals surface area contributed by atoms with E-state index >= 15 is 0 Å². The maximum atomic E-state index is 12.0. The molecule has 2 aromatic rings. The zero-order valence-corrected chi connectivity index (χ0v) is 10.4. The summed E-state index contributed by atoms with van der Waals surface area (Å²) in [7, 11) is 0. The molecule has 0 fully saturated rings. The van der Waals surface area contributed by atoms with Crippen LogP contribution in [0.3, 0.4) is 0 Å². The van der Waals surface area contributed by atoms with Gasteiger partial charge in [-0.2, -0.15) is 0 Å². The molecule has 0 spiro atoms. The van der Waals surface area contributed by atoms with Gasteiger partial charge in [0.05, 0.1) is 29.3 Å². The number of nitrogens with one attached hydrogen (secondary N) is 1. The fourth-order valence-electron chi connectivity index (χ4n) is 1.45. The van der Waals surface area contributed by atoms with Crippen LogP contribution in [0.4, 0.5) is 11.4 Å². The number of rotatable bonds is 2. The number of aromatic nitrogens is 2. The van der Waals surface area contributed by atoms with Gasteiger partial charge in [-0.05, 0) is 24.6 Å². The third-order valence-corrected chi connectivity index (χ3v) is 2.54. The quantitative estimate of drug-likeness (QED) is 0.814. The largest absolute Gasteiger partial charge is 0.397 e. The van der Waals surface area contributed by atoms with Gasteiger partial charge in [0.2, 0.25) is 0 Å². The first-order valence-electron chi connectivity index (χ1n) is 5.20. The SMILES string of the molecule is Cc1cncc(NC(=O)c2cc(N)cnc2Cl)c1. The average molecular weight is 263 g/mol. The topological polar surface area (TPSA) is 80.9 Å². The Kier molecular flexibility index (Phi) is 3.43. The normalized spacial score (nSPS) is 10.1. The van der Waals surface area contributed by atoms with Gasteiger partial charge in [-0.25, -0.2) is 4.98 Å². The van der Waals surface area contributed by atoms with Crippen molar-refractivity contribution in [1.82, 2.24) is 9.97 Å². The highest BCUT2D eigenvalue weighted by Crippen LogP contribution is 2.17. The Hall–Kier alpha value is -2.14. The Morgan fingerprint density at radius 1 is 1.33 bits per heavy atom. The van der Waals surface area contributed by atoms with Crippen molar-refractivity contribution in [3.63, 3.8) is 0 Å². The lowest BCUT2D eigenvalue weighted by atomic mass is 10.2. The number of anilines is 2. The molecule has 92 valence electrons. The third kappa shape index (κ3) is 2.75. The average Bonchev–Trinajstić information content (AvgIpc) is 2.32. The smallest absolute Gasteiger partial charge is 0.258 e. The third-order valence-electron chi connectivity index (χ3n) is 2.24. The van der Waals surface area contributed by atoms with E-state index in [0.717, 1.165) is 5.56 Å². The van der Waals surface area contributed by atoms with E-state index in [4.69, 9.17) is 17.3 Å². The molecular formula is C12H11ClN4O. The predicted octanol–water partition coefficient (Wildman–Crippen LogP) is 2.27. The number of halogens is 1. The number of nitrogen functional groups attached to an aromatic ring is 1. The maximum Gasteiger partial charge on any atom is 0.258 e. The molecule has 1 amide bonds. The van der Waals surface area contributed by atoms with Gasteiger partial charge in [-0.15, -0.1) is 0 Å². The lowest BCUT2D eigenvalue weighted by molar-refractivity contribution is 0.102. The van der Waals surface area contributed by atoms with Crippen LogP contribution in [0.1, 0.15) is 15.9 Å². The molecular weight excluding hydrogens is 252 g/mol. The molecule has 0 radical (unpaired) electrons. The summed E-state index contributed by atoms with van der Waals surface area (Å²) < 4.78 is 0. The first-order chi connectivity index (χ1) is 8.56. The Bertz CT molecular complexity index is 600. The van der Waals surface area contributed by atoms with Crippen LogP contribution in [0.5, 0.6) is 0 Å². The van der Waals surface area contributed by atoms with Crippen LogP contribution in [0.2, 0.25) is 5.15 Å². The molecule has 2 heterocycles. The Morgan fingerprint density at radius 3 is 2.83 bits per heavy atom. The highest BCUT2D eigenvalue weighted by atomic mass is 35.5. The van der Waals surface area contributed by atoms with Gasteiger partial charge in [-0.1, -0.05) is 11.6 Å². The fraction of sp³-hybridized carbons (Fsp3) is 0.0833. The van der Waals surface area contributed by atoms with Crippen molar-refractivity contribution in [3.05, 3.63) is 47.0 Å². The van der Waals surface area contributed by atoms with E-state index < -0.39 is 0 Å². The van der Waals surface area contributed by atoms with Crippen LogP contribution >= 0.6 is 11.6 Å². The van der Waals surface area contributed by atoms with Crippen molar-refractivity contribution >= 4 is 28.9 Å². The molecule has 0 aromatic carbocycles. The summed E-state index contributed by atoms with van der Waals surface area (Å²) in [5.74, 6) is -0.368. The molecule has 0 bridgehead atoms. The summed E-state index contributed by atoms with van der Waals surface area (Å²) in [6, 6.07) is 3.28. The van der Waals surface area contributed by atoms with Crippen LogP contribution in [0.15, 0.2) is 30.7 Å². The van der Waals surface area contributed by atoms with Gasteiger partial charge in [0.25, 0.3) is 5.91 Å². The van der Waals surface area contributed by atoms with E-state index in [2.05, 4.69) is 15.3 Å². The number of nitrogens with zero attached hydrogens (tertiary/aromatic N) is 2. The summed E-state index contributed by atoms with van der Waals surface area (Å²) >= 11 is 5.85. The molecule has 18 heavy (non-hydrogen) atoms. The number of pyridine rings is 2. The lowest BCUT2D eigenvalue weighted by Crippen LogP contribution is -2.13. The summed E-state index contributed by atoms with van der Waals surface area (Å²) in [5.41, 5.74) is 7.73. The van der Waals surface area contributed by atoms with E-state index in [0.29, 0.717) is 11.4 Å². The molecule has 6 heteroatoms. The number of hydrogen-bond donors (Lipinski definition) is 2. The van der Waals surface area contributed by atoms with Crippen LogP contribution in [-0.2, 0) is 0 Å². The van der Waals surface area contributed by atoms with E-state index in [1.54, 1.807) is 18.5 Å². The second-order valence-corrected chi connectivity index (χ2v) is 4.17. The highest BCUT2D eigenvalue weighted by molar-refractivity contribution is 6.33. The Labute approximate surface area is 109 Å². The van der Waals surface area contributed by atoms with Crippen molar-refractivity contribution in [2.24, 2.45) is 0 Å². The maximum absolute atomic E-state index is 12.0. The zero-order valence-electron chi connectivity index (χ0n) is 9.64. The van der Waals surface area contributed by atoms with Crippen molar-refractivity contribution in [1.29, 1.82) is 0 Å². The predicted molar refractivity (Wildman–Crippen MR) is 70.6 cm³/mol. The van der Waals surface area contributed by atoms with Crippen molar-refractivity contribution in [2.75, 3.05) is 11.1 Å². The van der Waals surface area contributed by atoms with Gasteiger partial charge >= 0.3 is 0 Å². The Balaban J connectivity index is 2.24. The monoisotopic (exact) mass is 262 g/mol. The first-order valence-corrected chi connectivity index (χ1v) is 5.58. The fourth-order valence-corrected chi connectivity index (χ4v) is 1.63. The van der Waals surface area contributed by atoms with E-state index in [1.165, 1.54) is 12.3 Å². The molecule has 0 aliphatic carbocycles. The highest BCUT2D eigenvalue weighted by Gasteiger charge is 2.12. The minimum atomic E-state index is -0.368. The number of carbonyl (C=O) groups is 1. The van der Waals surface area contributed by atoms with Crippen LogP contribution in [0, 0.1) is 6.92 Å².